The van der Waals surface area contributed by atoms with Gasteiger partial charge in [-0.2, -0.15) is 0 Å². The number of ether oxygens (including phenoxy) is 1. The molecule has 4 nitrogen and oxygen atoms in total. The van der Waals surface area contributed by atoms with Crippen molar-refractivity contribution in [2.24, 2.45) is 5.41 Å². The number of aliphatic hydroxyl groups is 1. The number of carbonyl (C=O) groups is 1. The standard InChI is InChI=1S/C16H25NO3/c1-16(2,3)14(11-18)17(4)10-12-8-6-7-9-13(12)15(19)20-5/h6-9,14,18H,10-11H2,1-5H3. The molecule has 112 valence electrons. The van der Waals surface area contributed by atoms with E-state index in [1.807, 2.05) is 25.2 Å². The quantitative estimate of drug-likeness (QED) is 0.840. The Bertz CT molecular complexity index is 451. The molecule has 0 aliphatic carbocycles. The Balaban J connectivity index is 2.96. The van der Waals surface area contributed by atoms with Gasteiger partial charge in [0.1, 0.15) is 0 Å². The lowest BCUT2D eigenvalue weighted by molar-refractivity contribution is 0.0571. The summed E-state index contributed by atoms with van der Waals surface area (Å²) in [5.41, 5.74) is 1.45. The fourth-order valence-corrected chi connectivity index (χ4v) is 2.42. The van der Waals surface area contributed by atoms with Crippen molar-refractivity contribution in [1.82, 2.24) is 4.90 Å². The van der Waals surface area contributed by atoms with Gasteiger partial charge in [-0.15, -0.1) is 0 Å². The number of aliphatic hydroxyl groups excluding tert-OH is 1. The van der Waals surface area contributed by atoms with E-state index in [2.05, 4.69) is 25.7 Å². The lowest BCUT2D eigenvalue weighted by Gasteiger charge is -2.37. The van der Waals surface area contributed by atoms with Crippen molar-refractivity contribution in [3.63, 3.8) is 0 Å². The number of methoxy groups -OCH3 is 1. The molecule has 0 bridgehead atoms. The molecule has 1 rings (SSSR count). The fourth-order valence-electron chi connectivity index (χ4n) is 2.42. The van der Waals surface area contributed by atoms with E-state index < -0.39 is 0 Å². The van der Waals surface area contributed by atoms with Crippen LogP contribution in [0.4, 0.5) is 0 Å². The summed E-state index contributed by atoms with van der Waals surface area (Å²) in [4.78, 5) is 13.8. The van der Waals surface area contributed by atoms with E-state index in [4.69, 9.17) is 4.74 Å². The lowest BCUT2D eigenvalue weighted by Crippen LogP contribution is -2.44. The monoisotopic (exact) mass is 279 g/mol. The van der Waals surface area contributed by atoms with Gasteiger partial charge in [0.05, 0.1) is 19.3 Å². The predicted octanol–water partition coefficient (Wildman–Crippen LogP) is 2.31. The third-order valence-corrected chi connectivity index (χ3v) is 3.55. The third-order valence-electron chi connectivity index (χ3n) is 3.55. The fraction of sp³-hybridized carbons (Fsp3) is 0.562. The van der Waals surface area contributed by atoms with E-state index in [9.17, 15) is 9.90 Å². The van der Waals surface area contributed by atoms with Crippen LogP contribution in [-0.2, 0) is 11.3 Å². The summed E-state index contributed by atoms with van der Waals surface area (Å²) in [6.07, 6.45) is 0. The molecule has 0 saturated heterocycles. The van der Waals surface area contributed by atoms with Crippen LogP contribution in [0.15, 0.2) is 24.3 Å². The molecule has 20 heavy (non-hydrogen) atoms. The Hall–Kier alpha value is -1.39. The normalized spacial score (nSPS) is 13.3. The Morgan fingerprint density at radius 1 is 1.35 bits per heavy atom. The number of rotatable bonds is 5. The van der Waals surface area contributed by atoms with E-state index in [-0.39, 0.29) is 24.0 Å². The summed E-state index contributed by atoms with van der Waals surface area (Å²) in [5.74, 6) is -0.328. The SMILES string of the molecule is COC(=O)c1ccccc1CN(C)C(CO)C(C)(C)C. The molecule has 0 aromatic heterocycles. The molecule has 0 aliphatic heterocycles. The van der Waals surface area contributed by atoms with E-state index >= 15 is 0 Å². The summed E-state index contributed by atoms with van der Waals surface area (Å²) >= 11 is 0. The zero-order valence-corrected chi connectivity index (χ0v) is 13.0. The van der Waals surface area contributed by atoms with Crippen LogP contribution in [0.1, 0.15) is 36.7 Å². The van der Waals surface area contributed by atoms with Crippen LogP contribution < -0.4 is 0 Å². The van der Waals surface area contributed by atoms with Crippen LogP contribution in [0.3, 0.4) is 0 Å². The Morgan fingerprint density at radius 3 is 2.45 bits per heavy atom. The smallest absolute Gasteiger partial charge is 0.338 e. The van der Waals surface area contributed by atoms with Crippen molar-refractivity contribution in [2.45, 2.75) is 33.4 Å². The van der Waals surface area contributed by atoms with Crippen molar-refractivity contribution in [3.05, 3.63) is 35.4 Å². The number of hydrogen-bond acceptors (Lipinski definition) is 4. The molecule has 0 saturated carbocycles. The van der Waals surface area contributed by atoms with Crippen LogP contribution in [0.5, 0.6) is 0 Å². The predicted molar refractivity (Wildman–Crippen MR) is 79.6 cm³/mol. The molecule has 0 spiro atoms. The minimum atomic E-state index is -0.328. The van der Waals surface area contributed by atoms with Crippen molar-refractivity contribution in [2.75, 3.05) is 20.8 Å². The van der Waals surface area contributed by atoms with E-state index in [0.29, 0.717) is 12.1 Å². The van der Waals surface area contributed by atoms with Crippen molar-refractivity contribution in [1.29, 1.82) is 0 Å². The molecule has 4 heteroatoms. The lowest BCUT2D eigenvalue weighted by atomic mass is 9.86. The van der Waals surface area contributed by atoms with Gasteiger partial charge < -0.3 is 9.84 Å². The number of esters is 1. The summed E-state index contributed by atoms with van der Waals surface area (Å²) < 4.78 is 4.81. The molecule has 1 unspecified atom stereocenters. The highest BCUT2D eigenvalue weighted by Crippen LogP contribution is 2.25. The van der Waals surface area contributed by atoms with Gasteiger partial charge in [0.2, 0.25) is 0 Å². The maximum Gasteiger partial charge on any atom is 0.338 e. The molecule has 0 fully saturated rings. The average Bonchev–Trinajstić information content (AvgIpc) is 2.37. The first-order valence-electron chi connectivity index (χ1n) is 6.78. The number of nitrogens with zero attached hydrogens (tertiary/aromatic N) is 1. The van der Waals surface area contributed by atoms with Gasteiger partial charge in [-0.3, -0.25) is 4.90 Å². The second-order valence-electron chi connectivity index (χ2n) is 6.13. The summed E-state index contributed by atoms with van der Waals surface area (Å²) in [5, 5.41) is 9.60. The van der Waals surface area contributed by atoms with Crippen LogP contribution in [0, 0.1) is 5.41 Å². The third kappa shape index (κ3) is 4.05. The van der Waals surface area contributed by atoms with Crippen LogP contribution >= 0.6 is 0 Å². The van der Waals surface area contributed by atoms with E-state index in [0.717, 1.165) is 5.56 Å². The highest BCUT2D eigenvalue weighted by atomic mass is 16.5. The molecule has 1 aromatic carbocycles. The second kappa shape index (κ2) is 6.86. The van der Waals surface area contributed by atoms with Crippen LogP contribution in [0.2, 0.25) is 0 Å². The van der Waals surface area contributed by atoms with Crippen LogP contribution in [-0.4, -0.2) is 42.8 Å². The largest absolute Gasteiger partial charge is 0.465 e. The van der Waals surface area contributed by atoms with Gasteiger partial charge in [-0.05, 0) is 24.1 Å². The Morgan fingerprint density at radius 2 is 1.95 bits per heavy atom. The number of carbonyl (C=O) groups excluding carboxylic acids is 1. The number of hydrogen-bond donors (Lipinski definition) is 1. The first-order chi connectivity index (χ1) is 9.31. The van der Waals surface area contributed by atoms with Gasteiger partial charge in [0.25, 0.3) is 0 Å². The molecule has 0 heterocycles. The van der Waals surface area contributed by atoms with Crippen molar-refractivity contribution < 1.29 is 14.6 Å². The first kappa shape index (κ1) is 16.7. The molecule has 1 atom stereocenters. The highest BCUT2D eigenvalue weighted by molar-refractivity contribution is 5.90. The summed E-state index contributed by atoms with van der Waals surface area (Å²) in [6.45, 7) is 6.96. The number of likely N-dealkylation sites (N-methyl/N-ethyl adjacent to an activating group) is 1. The van der Waals surface area contributed by atoms with Gasteiger partial charge in [-0.25, -0.2) is 4.79 Å². The van der Waals surface area contributed by atoms with E-state index in [1.54, 1.807) is 6.07 Å². The Kier molecular flexibility index (Phi) is 5.72. The minimum Gasteiger partial charge on any atom is -0.465 e. The maximum atomic E-state index is 11.8. The molecule has 1 aromatic rings. The molecule has 0 amide bonds. The first-order valence-corrected chi connectivity index (χ1v) is 6.78. The van der Waals surface area contributed by atoms with Gasteiger partial charge in [0.15, 0.2) is 0 Å². The average molecular weight is 279 g/mol. The topological polar surface area (TPSA) is 49.8 Å². The second-order valence-corrected chi connectivity index (χ2v) is 6.13. The van der Waals surface area contributed by atoms with Crippen molar-refractivity contribution >= 4 is 5.97 Å². The molecule has 1 N–H and O–H groups in total. The zero-order chi connectivity index (χ0) is 15.3. The van der Waals surface area contributed by atoms with Gasteiger partial charge in [0, 0.05) is 12.6 Å². The van der Waals surface area contributed by atoms with Gasteiger partial charge >= 0.3 is 5.97 Å². The Labute approximate surface area is 121 Å². The molecular weight excluding hydrogens is 254 g/mol. The molecule has 0 aliphatic rings. The van der Waals surface area contributed by atoms with Gasteiger partial charge in [-0.1, -0.05) is 39.0 Å². The molecule has 0 radical (unpaired) electrons. The molecular formula is C16H25NO3. The highest BCUT2D eigenvalue weighted by Gasteiger charge is 2.28. The maximum absolute atomic E-state index is 11.8. The van der Waals surface area contributed by atoms with E-state index in [1.165, 1.54) is 7.11 Å². The minimum absolute atomic E-state index is 0.0215. The number of benzene rings is 1. The van der Waals surface area contributed by atoms with Crippen molar-refractivity contribution in [3.8, 4) is 0 Å². The summed E-state index contributed by atoms with van der Waals surface area (Å²) in [6, 6.07) is 7.43. The summed E-state index contributed by atoms with van der Waals surface area (Å²) in [7, 11) is 3.34. The van der Waals surface area contributed by atoms with Crippen LogP contribution in [0.25, 0.3) is 0 Å². The zero-order valence-electron chi connectivity index (χ0n) is 13.0.